The van der Waals surface area contributed by atoms with Crippen LogP contribution in [0.3, 0.4) is 0 Å². The third-order valence-corrected chi connectivity index (χ3v) is 3.43. The zero-order valence-corrected chi connectivity index (χ0v) is 12.9. The lowest BCUT2D eigenvalue weighted by atomic mass is 10.1. The fraction of sp³-hybridized carbons (Fsp3) is 0.235. The van der Waals surface area contributed by atoms with E-state index in [0.717, 1.165) is 11.1 Å². The summed E-state index contributed by atoms with van der Waals surface area (Å²) in [5.74, 6) is 0. The smallest absolute Gasteiger partial charge is 0.315 e. The summed E-state index contributed by atoms with van der Waals surface area (Å²) < 4.78 is 0. The Hall–Kier alpha value is -2.04. The number of benzene rings is 2. The molecule has 4 nitrogen and oxygen atoms in total. The average Bonchev–Trinajstić information content (AvgIpc) is 2.53. The molecule has 1 atom stereocenters. The molecule has 0 aromatic heterocycles. The lowest BCUT2D eigenvalue weighted by Gasteiger charge is -2.13. The van der Waals surface area contributed by atoms with Crippen molar-refractivity contribution < 1.29 is 9.90 Å². The van der Waals surface area contributed by atoms with Gasteiger partial charge < -0.3 is 15.7 Å². The predicted octanol–water partition coefficient (Wildman–Crippen LogP) is 2.74. The largest absolute Gasteiger partial charge is 0.391 e. The van der Waals surface area contributed by atoms with Crippen LogP contribution in [0.1, 0.15) is 11.1 Å². The van der Waals surface area contributed by atoms with Gasteiger partial charge in [0.2, 0.25) is 0 Å². The van der Waals surface area contributed by atoms with Gasteiger partial charge in [-0.1, -0.05) is 54.1 Å². The second-order valence-electron chi connectivity index (χ2n) is 5.03. The molecule has 0 aliphatic carbocycles. The van der Waals surface area contributed by atoms with Crippen LogP contribution < -0.4 is 10.6 Å². The molecule has 3 N–H and O–H groups in total. The second kappa shape index (κ2) is 8.41. The Bertz CT molecular complexity index is 587. The van der Waals surface area contributed by atoms with Crippen molar-refractivity contribution in [1.29, 1.82) is 0 Å². The van der Waals surface area contributed by atoms with Crippen LogP contribution in [0.5, 0.6) is 0 Å². The number of halogens is 1. The van der Waals surface area contributed by atoms with Crippen molar-refractivity contribution in [3.05, 3.63) is 70.7 Å². The van der Waals surface area contributed by atoms with Crippen LogP contribution in [0.25, 0.3) is 0 Å². The highest BCUT2D eigenvalue weighted by molar-refractivity contribution is 6.30. The van der Waals surface area contributed by atoms with Gasteiger partial charge in [0, 0.05) is 24.5 Å². The van der Waals surface area contributed by atoms with Crippen LogP contribution in [0, 0.1) is 0 Å². The van der Waals surface area contributed by atoms with Gasteiger partial charge in [0.05, 0.1) is 6.10 Å². The van der Waals surface area contributed by atoms with E-state index in [2.05, 4.69) is 10.6 Å². The number of aliphatic hydroxyl groups is 1. The van der Waals surface area contributed by atoms with Crippen LogP contribution in [0.4, 0.5) is 4.79 Å². The van der Waals surface area contributed by atoms with Crippen LogP contribution in [0.2, 0.25) is 5.02 Å². The molecule has 2 amide bonds. The number of carbonyl (C=O) groups excluding carboxylic acids is 1. The maximum absolute atomic E-state index is 11.7. The zero-order valence-electron chi connectivity index (χ0n) is 12.1. The van der Waals surface area contributed by atoms with Gasteiger partial charge in [-0.3, -0.25) is 0 Å². The highest BCUT2D eigenvalue weighted by Crippen LogP contribution is 2.09. The Morgan fingerprint density at radius 2 is 1.68 bits per heavy atom. The van der Waals surface area contributed by atoms with Gasteiger partial charge in [0.1, 0.15) is 0 Å². The Morgan fingerprint density at radius 3 is 2.36 bits per heavy atom. The van der Waals surface area contributed by atoms with E-state index in [1.807, 2.05) is 42.5 Å². The van der Waals surface area contributed by atoms with E-state index >= 15 is 0 Å². The molecule has 0 saturated heterocycles. The Kier molecular flexibility index (Phi) is 6.25. The van der Waals surface area contributed by atoms with Crippen LogP contribution in [-0.2, 0) is 13.0 Å². The van der Waals surface area contributed by atoms with Gasteiger partial charge in [-0.15, -0.1) is 0 Å². The van der Waals surface area contributed by atoms with Crippen molar-refractivity contribution in [3.8, 4) is 0 Å². The van der Waals surface area contributed by atoms with E-state index in [1.165, 1.54) is 0 Å². The molecule has 2 rings (SSSR count). The highest BCUT2D eigenvalue weighted by Gasteiger charge is 2.07. The van der Waals surface area contributed by atoms with Gasteiger partial charge >= 0.3 is 6.03 Å². The molecule has 0 aliphatic rings. The molecule has 2 aromatic carbocycles. The monoisotopic (exact) mass is 318 g/mol. The molecule has 0 radical (unpaired) electrons. The van der Waals surface area contributed by atoms with Crippen molar-refractivity contribution in [1.82, 2.24) is 10.6 Å². The van der Waals surface area contributed by atoms with Crippen LogP contribution in [0.15, 0.2) is 54.6 Å². The van der Waals surface area contributed by atoms with Crippen molar-refractivity contribution in [2.45, 2.75) is 19.1 Å². The molecule has 0 bridgehead atoms. The molecule has 0 fully saturated rings. The summed E-state index contributed by atoms with van der Waals surface area (Å²) in [6.07, 6.45) is -0.0955. The number of aliphatic hydroxyl groups excluding tert-OH is 1. The first-order valence-corrected chi connectivity index (χ1v) is 7.49. The maximum Gasteiger partial charge on any atom is 0.315 e. The Morgan fingerprint density at radius 1 is 1.00 bits per heavy atom. The molecule has 0 aliphatic heterocycles. The normalized spacial score (nSPS) is 11.7. The van der Waals surface area contributed by atoms with Gasteiger partial charge in [-0.25, -0.2) is 4.79 Å². The fourth-order valence-electron chi connectivity index (χ4n) is 2.02. The Balaban J connectivity index is 1.67. The minimum absolute atomic E-state index is 0.210. The number of amides is 2. The molecular weight excluding hydrogens is 300 g/mol. The first kappa shape index (κ1) is 16.3. The predicted molar refractivity (Wildman–Crippen MR) is 87.8 cm³/mol. The summed E-state index contributed by atoms with van der Waals surface area (Å²) in [5.41, 5.74) is 2.00. The molecule has 116 valence electrons. The fourth-order valence-corrected chi connectivity index (χ4v) is 2.14. The van der Waals surface area contributed by atoms with Gasteiger partial charge in [-0.2, -0.15) is 0 Å². The number of urea groups is 1. The molecular formula is C17H19ClN2O2. The summed E-state index contributed by atoms with van der Waals surface area (Å²) in [4.78, 5) is 11.7. The number of hydrogen-bond acceptors (Lipinski definition) is 2. The summed E-state index contributed by atoms with van der Waals surface area (Å²) in [5, 5.41) is 16.0. The zero-order chi connectivity index (χ0) is 15.8. The SMILES string of the molecule is O=C(NCc1ccc(Cl)cc1)NC[C@H](O)Cc1ccccc1. The van der Waals surface area contributed by atoms with Crippen molar-refractivity contribution in [3.63, 3.8) is 0 Å². The molecule has 0 spiro atoms. The van der Waals surface area contributed by atoms with Crippen LogP contribution >= 0.6 is 11.6 Å². The van der Waals surface area contributed by atoms with Gasteiger partial charge in [0.25, 0.3) is 0 Å². The number of nitrogens with one attached hydrogen (secondary N) is 2. The first-order chi connectivity index (χ1) is 10.6. The van der Waals surface area contributed by atoms with E-state index in [9.17, 15) is 9.90 Å². The number of rotatable bonds is 6. The maximum atomic E-state index is 11.7. The molecule has 2 aromatic rings. The number of carbonyl (C=O) groups is 1. The molecule has 22 heavy (non-hydrogen) atoms. The lowest BCUT2D eigenvalue weighted by Crippen LogP contribution is -2.39. The van der Waals surface area contributed by atoms with E-state index in [-0.39, 0.29) is 12.6 Å². The molecule has 0 heterocycles. The third kappa shape index (κ3) is 5.76. The molecule has 0 saturated carbocycles. The molecule has 5 heteroatoms. The topological polar surface area (TPSA) is 61.4 Å². The summed E-state index contributed by atoms with van der Waals surface area (Å²) in [7, 11) is 0. The van der Waals surface area contributed by atoms with Crippen molar-refractivity contribution in [2.24, 2.45) is 0 Å². The van der Waals surface area contributed by atoms with Gasteiger partial charge in [0.15, 0.2) is 0 Å². The van der Waals surface area contributed by atoms with E-state index in [4.69, 9.17) is 11.6 Å². The van der Waals surface area contributed by atoms with E-state index < -0.39 is 6.10 Å². The highest BCUT2D eigenvalue weighted by atomic mass is 35.5. The quantitative estimate of drug-likeness (QED) is 0.767. The molecule has 0 unspecified atom stereocenters. The lowest BCUT2D eigenvalue weighted by molar-refractivity contribution is 0.170. The Labute approximate surface area is 135 Å². The third-order valence-electron chi connectivity index (χ3n) is 3.18. The van der Waals surface area contributed by atoms with Gasteiger partial charge in [-0.05, 0) is 23.3 Å². The minimum atomic E-state index is -0.608. The average molecular weight is 319 g/mol. The van der Waals surface area contributed by atoms with Crippen molar-refractivity contribution >= 4 is 17.6 Å². The van der Waals surface area contributed by atoms with E-state index in [1.54, 1.807) is 12.1 Å². The summed E-state index contributed by atoms with van der Waals surface area (Å²) in [6.45, 7) is 0.624. The van der Waals surface area contributed by atoms with Crippen LogP contribution in [-0.4, -0.2) is 23.8 Å². The summed E-state index contributed by atoms with van der Waals surface area (Å²) in [6, 6.07) is 16.6. The minimum Gasteiger partial charge on any atom is -0.391 e. The van der Waals surface area contributed by atoms with Crippen molar-refractivity contribution in [2.75, 3.05) is 6.54 Å². The standard InChI is InChI=1S/C17H19ClN2O2/c18-15-8-6-14(7-9-15)11-19-17(22)20-12-16(21)10-13-4-2-1-3-5-13/h1-9,16,21H,10-12H2,(H2,19,20,22)/t16-/m1/s1. The summed E-state index contributed by atoms with van der Waals surface area (Å²) >= 11 is 5.80. The number of hydrogen-bond donors (Lipinski definition) is 3. The second-order valence-corrected chi connectivity index (χ2v) is 5.47. The first-order valence-electron chi connectivity index (χ1n) is 7.11. The van der Waals surface area contributed by atoms with E-state index in [0.29, 0.717) is 18.0 Å².